The largest absolute Gasteiger partial charge is 0.495 e. The Hall–Kier alpha value is -2.12. The number of halogens is 1. The quantitative estimate of drug-likeness (QED) is 0.315. The van der Waals surface area contributed by atoms with Crippen molar-refractivity contribution in [1.82, 2.24) is 9.97 Å². The second-order valence-electron chi connectivity index (χ2n) is 5.16. The molecule has 0 aliphatic heterocycles. The fraction of sp³-hybridized carbons (Fsp3) is 0.294. The van der Waals surface area contributed by atoms with Crippen LogP contribution in [0, 0.1) is 13.8 Å². The molecular weight excluding hydrogens is 364 g/mol. The van der Waals surface area contributed by atoms with Crippen LogP contribution in [-0.4, -0.2) is 41.2 Å². The van der Waals surface area contributed by atoms with Gasteiger partial charge in [-0.1, -0.05) is 23.4 Å². The topological polar surface area (TPSA) is 78.4 Å². The minimum atomic E-state index is -0.513. The Bertz CT molecular complexity index is 778. The number of benzene rings is 1. The van der Waals surface area contributed by atoms with Gasteiger partial charge in [0.25, 0.3) is 0 Å². The highest BCUT2D eigenvalue weighted by Gasteiger charge is 2.13. The molecule has 0 saturated carbocycles. The van der Waals surface area contributed by atoms with Gasteiger partial charge >= 0.3 is 5.97 Å². The summed E-state index contributed by atoms with van der Waals surface area (Å²) in [7, 11) is 1.49. The lowest BCUT2D eigenvalue weighted by molar-refractivity contribution is -0.139. The monoisotopic (exact) mass is 380 g/mol. The van der Waals surface area contributed by atoms with Gasteiger partial charge < -0.3 is 9.47 Å². The number of carbonyl (C=O) groups excluding carboxylic acids is 2. The first kappa shape index (κ1) is 19.2. The number of thioether (sulfide) groups is 1. The fourth-order valence-electron chi connectivity index (χ4n) is 1.99. The molecule has 0 atom stereocenters. The minimum Gasteiger partial charge on any atom is -0.495 e. The summed E-state index contributed by atoms with van der Waals surface area (Å²) in [6.07, 6.45) is 0. The molecule has 0 bridgehead atoms. The van der Waals surface area contributed by atoms with Crippen LogP contribution in [0.1, 0.15) is 21.7 Å². The number of hydrogen-bond acceptors (Lipinski definition) is 7. The van der Waals surface area contributed by atoms with E-state index in [0.29, 0.717) is 21.5 Å². The Morgan fingerprint density at radius 2 is 1.84 bits per heavy atom. The fourth-order valence-corrected chi connectivity index (χ4v) is 3.00. The van der Waals surface area contributed by atoms with Crippen LogP contribution in [0.25, 0.3) is 0 Å². The summed E-state index contributed by atoms with van der Waals surface area (Å²) < 4.78 is 10.0. The molecule has 2 rings (SSSR count). The summed E-state index contributed by atoms with van der Waals surface area (Å²) in [6, 6.07) is 6.49. The highest BCUT2D eigenvalue weighted by molar-refractivity contribution is 7.99. The molecule has 0 saturated heterocycles. The van der Waals surface area contributed by atoms with E-state index in [1.807, 2.05) is 19.9 Å². The Labute approximate surface area is 154 Å². The molecule has 25 heavy (non-hydrogen) atoms. The van der Waals surface area contributed by atoms with Crippen molar-refractivity contribution in [3.05, 3.63) is 46.2 Å². The molecule has 0 aliphatic carbocycles. The summed E-state index contributed by atoms with van der Waals surface area (Å²) in [4.78, 5) is 32.3. The first-order valence-electron chi connectivity index (χ1n) is 7.36. The molecule has 0 spiro atoms. The van der Waals surface area contributed by atoms with Gasteiger partial charge in [0.15, 0.2) is 17.5 Å². The van der Waals surface area contributed by atoms with E-state index < -0.39 is 5.97 Å². The van der Waals surface area contributed by atoms with E-state index in [1.54, 1.807) is 12.1 Å². The number of aryl methyl sites for hydroxylation is 2. The van der Waals surface area contributed by atoms with Crippen molar-refractivity contribution in [2.45, 2.75) is 19.0 Å². The summed E-state index contributed by atoms with van der Waals surface area (Å²) in [5, 5.41) is 0.824. The van der Waals surface area contributed by atoms with Gasteiger partial charge in [-0.2, -0.15) is 0 Å². The van der Waals surface area contributed by atoms with E-state index in [-0.39, 0.29) is 18.1 Å². The molecule has 0 amide bonds. The lowest BCUT2D eigenvalue weighted by Crippen LogP contribution is -2.15. The van der Waals surface area contributed by atoms with Crippen molar-refractivity contribution in [2.24, 2.45) is 0 Å². The third kappa shape index (κ3) is 5.72. The molecular formula is C17H17ClN2O4S. The maximum Gasteiger partial charge on any atom is 0.316 e. The molecule has 0 N–H and O–H groups in total. The first-order chi connectivity index (χ1) is 11.9. The SMILES string of the molecule is COc1ccc(C(=O)COC(=O)CSc2nc(C)cc(C)n2)cc1Cl. The van der Waals surface area contributed by atoms with Crippen molar-refractivity contribution in [3.8, 4) is 5.75 Å². The zero-order chi connectivity index (χ0) is 18.4. The van der Waals surface area contributed by atoms with E-state index in [4.69, 9.17) is 21.1 Å². The van der Waals surface area contributed by atoms with Crippen LogP contribution in [0.15, 0.2) is 29.4 Å². The second-order valence-corrected chi connectivity index (χ2v) is 6.50. The maximum absolute atomic E-state index is 12.1. The second kappa shape index (κ2) is 8.82. The maximum atomic E-state index is 12.1. The molecule has 1 heterocycles. The van der Waals surface area contributed by atoms with Gasteiger partial charge in [0, 0.05) is 17.0 Å². The van der Waals surface area contributed by atoms with Gasteiger partial charge in [0.2, 0.25) is 0 Å². The number of rotatable bonds is 7. The van der Waals surface area contributed by atoms with Gasteiger partial charge in [-0.25, -0.2) is 9.97 Å². The van der Waals surface area contributed by atoms with E-state index in [0.717, 1.165) is 11.4 Å². The highest BCUT2D eigenvalue weighted by atomic mass is 35.5. The molecule has 0 aliphatic rings. The van der Waals surface area contributed by atoms with Crippen molar-refractivity contribution in [1.29, 1.82) is 0 Å². The van der Waals surface area contributed by atoms with E-state index in [9.17, 15) is 9.59 Å². The van der Waals surface area contributed by atoms with Crippen LogP contribution in [0.3, 0.4) is 0 Å². The number of nitrogens with zero attached hydrogens (tertiary/aromatic N) is 2. The van der Waals surface area contributed by atoms with Crippen LogP contribution < -0.4 is 4.74 Å². The predicted octanol–water partition coefficient (Wildman–Crippen LogP) is 3.27. The predicted molar refractivity (Wildman–Crippen MR) is 95.5 cm³/mol. The number of hydrogen-bond donors (Lipinski definition) is 0. The Morgan fingerprint density at radius 3 is 2.44 bits per heavy atom. The van der Waals surface area contributed by atoms with Crippen LogP contribution in [0.5, 0.6) is 5.75 Å². The smallest absolute Gasteiger partial charge is 0.316 e. The van der Waals surface area contributed by atoms with Gasteiger partial charge in [-0.05, 0) is 38.1 Å². The van der Waals surface area contributed by atoms with Gasteiger partial charge in [0.1, 0.15) is 5.75 Å². The highest BCUT2D eigenvalue weighted by Crippen LogP contribution is 2.25. The molecule has 8 heteroatoms. The Kier molecular flexibility index (Phi) is 6.78. The number of aromatic nitrogens is 2. The van der Waals surface area contributed by atoms with E-state index in [1.165, 1.54) is 24.9 Å². The molecule has 6 nitrogen and oxygen atoms in total. The van der Waals surface area contributed by atoms with Crippen molar-refractivity contribution in [2.75, 3.05) is 19.5 Å². The van der Waals surface area contributed by atoms with Crippen LogP contribution in [0.4, 0.5) is 0 Å². The molecule has 1 aromatic carbocycles. The Morgan fingerprint density at radius 1 is 1.16 bits per heavy atom. The summed E-state index contributed by atoms with van der Waals surface area (Å²) in [6.45, 7) is 3.36. The molecule has 132 valence electrons. The van der Waals surface area contributed by atoms with Crippen molar-refractivity contribution in [3.63, 3.8) is 0 Å². The minimum absolute atomic E-state index is 0.0273. The van der Waals surface area contributed by atoms with Gasteiger partial charge in [-0.15, -0.1) is 0 Å². The number of Topliss-reactive ketones (excluding diaryl/α,β-unsaturated/α-hetero) is 1. The summed E-state index contributed by atoms with van der Waals surface area (Å²) in [5.41, 5.74) is 2.01. The summed E-state index contributed by atoms with van der Waals surface area (Å²) >= 11 is 7.14. The van der Waals surface area contributed by atoms with E-state index >= 15 is 0 Å². The number of ether oxygens (including phenoxy) is 2. The molecule has 0 unspecified atom stereocenters. The third-order valence-corrected chi connectivity index (χ3v) is 4.24. The number of ketones is 1. The average molecular weight is 381 g/mol. The lowest BCUT2D eigenvalue weighted by Gasteiger charge is -2.07. The molecule has 0 radical (unpaired) electrons. The first-order valence-corrected chi connectivity index (χ1v) is 8.73. The summed E-state index contributed by atoms with van der Waals surface area (Å²) in [5.74, 6) is -0.356. The molecule has 2 aromatic rings. The van der Waals surface area contributed by atoms with E-state index in [2.05, 4.69) is 9.97 Å². The Balaban J connectivity index is 1.85. The zero-order valence-corrected chi connectivity index (χ0v) is 15.6. The van der Waals surface area contributed by atoms with Gasteiger partial charge in [-0.3, -0.25) is 9.59 Å². The average Bonchev–Trinajstić information content (AvgIpc) is 2.57. The number of methoxy groups -OCH3 is 1. The number of carbonyl (C=O) groups is 2. The third-order valence-electron chi connectivity index (χ3n) is 3.12. The standard InChI is InChI=1S/C17H17ClN2O4S/c1-10-6-11(2)20-17(19-10)25-9-16(22)24-8-14(21)12-4-5-15(23-3)13(18)7-12/h4-7H,8-9H2,1-3H3. The van der Waals surface area contributed by atoms with Crippen molar-refractivity contribution >= 4 is 35.1 Å². The molecule has 1 aromatic heterocycles. The molecule has 0 fully saturated rings. The van der Waals surface area contributed by atoms with Crippen molar-refractivity contribution < 1.29 is 19.1 Å². The van der Waals surface area contributed by atoms with Gasteiger partial charge in [0.05, 0.1) is 17.9 Å². The van der Waals surface area contributed by atoms with Crippen LogP contribution in [0.2, 0.25) is 5.02 Å². The van der Waals surface area contributed by atoms with Crippen LogP contribution in [-0.2, 0) is 9.53 Å². The van der Waals surface area contributed by atoms with Crippen LogP contribution >= 0.6 is 23.4 Å². The lowest BCUT2D eigenvalue weighted by atomic mass is 10.1. The number of esters is 1. The zero-order valence-electron chi connectivity index (χ0n) is 14.0. The normalized spacial score (nSPS) is 10.4.